The van der Waals surface area contributed by atoms with E-state index in [2.05, 4.69) is 10.2 Å². The van der Waals surface area contributed by atoms with Gasteiger partial charge >= 0.3 is 0 Å². The number of aromatic hydroxyl groups is 2. The summed E-state index contributed by atoms with van der Waals surface area (Å²) < 4.78 is 22.9. The largest absolute Gasteiger partial charge is 0.506 e. The number of rotatable bonds is 2. The van der Waals surface area contributed by atoms with Crippen molar-refractivity contribution in [1.29, 1.82) is 0 Å². The number of benzene rings is 2. The van der Waals surface area contributed by atoms with Crippen molar-refractivity contribution in [1.82, 2.24) is 0 Å². The minimum Gasteiger partial charge on any atom is -0.506 e. The molecule has 1 fully saturated rings. The lowest BCUT2D eigenvalue weighted by atomic mass is 10.1. The highest BCUT2D eigenvalue weighted by molar-refractivity contribution is 7.91. The summed E-state index contributed by atoms with van der Waals surface area (Å²) in [6.07, 6.45) is -1.15. The first kappa shape index (κ1) is 16.0. The lowest BCUT2D eigenvalue weighted by Crippen LogP contribution is -2.20. The fourth-order valence-electron chi connectivity index (χ4n) is 2.50. The van der Waals surface area contributed by atoms with Crippen LogP contribution < -0.4 is 0 Å². The molecule has 0 amide bonds. The molecule has 1 saturated heterocycles. The summed E-state index contributed by atoms with van der Waals surface area (Å²) in [5.74, 6) is -1.23. The molecule has 7 nitrogen and oxygen atoms in total. The second-order valence-corrected chi connectivity index (χ2v) is 7.86. The molecule has 0 spiro atoms. The Bertz CT molecular complexity index is 913. The number of sulfone groups is 1. The Balaban J connectivity index is 2.06. The summed E-state index contributed by atoms with van der Waals surface area (Å²) in [5.41, 5.74) is -0.167. The third-order valence-electron chi connectivity index (χ3n) is 3.68. The van der Waals surface area contributed by atoms with Crippen LogP contribution in [0, 0.1) is 0 Å². The van der Waals surface area contributed by atoms with Crippen molar-refractivity contribution in [2.45, 2.75) is 12.1 Å². The molecule has 0 aliphatic carbocycles. The van der Waals surface area contributed by atoms with Gasteiger partial charge in [-0.2, -0.15) is 5.11 Å². The summed E-state index contributed by atoms with van der Waals surface area (Å²) in [7, 11) is -3.36. The van der Waals surface area contributed by atoms with E-state index in [0.717, 1.165) is 0 Å². The molecular formula is C14H13ClN2O5S. The molecule has 0 bridgehead atoms. The molecule has 3 rings (SSSR count). The van der Waals surface area contributed by atoms with Gasteiger partial charge in [0.2, 0.25) is 0 Å². The first-order chi connectivity index (χ1) is 10.8. The van der Waals surface area contributed by atoms with Crippen molar-refractivity contribution >= 4 is 37.9 Å². The van der Waals surface area contributed by atoms with Crippen LogP contribution in [-0.4, -0.2) is 47.4 Å². The normalized spacial score (nSPS) is 23.7. The minimum absolute atomic E-state index is 0.167. The molecule has 0 saturated carbocycles. The van der Waals surface area contributed by atoms with E-state index in [-0.39, 0.29) is 33.7 Å². The molecule has 2 unspecified atom stereocenters. The van der Waals surface area contributed by atoms with Gasteiger partial charge in [0, 0.05) is 10.8 Å². The van der Waals surface area contributed by atoms with Crippen molar-refractivity contribution in [3.05, 3.63) is 29.3 Å². The van der Waals surface area contributed by atoms with E-state index in [0.29, 0.717) is 10.8 Å². The van der Waals surface area contributed by atoms with Gasteiger partial charge in [-0.25, -0.2) is 8.42 Å². The Morgan fingerprint density at radius 1 is 1.09 bits per heavy atom. The third-order valence-corrected chi connectivity index (χ3v) is 5.73. The van der Waals surface area contributed by atoms with Gasteiger partial charge in [0.25, 0.3) is 0 Å². The van der Waals surface area contributed by atoms with Gasteiger partial charge in [0.15, 0.2) is 15.6 Å². The van der Waals surface area contributed by atoms with E-state index in [9.17, 15) is 23.7 Å². The number of hydrogen-bond acceptors (Lipinski definition) is 7. The van der Waals surface area contributed by atoms with Crippen molar-refractivity contribution in [2.24, 2.45) is 10.2 Å². The van der Waals surface area contributed by atoms with Gasteiger partial charge in [0.1, 0.15) is 22.5 Å². The Morgan fingerprint density at radius 2 is 1.70 bits per heavy atom. The number of fused-ring (bicyclic) bond motifs is 1. The number of hydrogen-bond donors (Lipinski definition) is 3. The second-order valence-electron chi connectivity index (χ2n) is 5.33. The van der Waals surface area contributed by atoms with Crippen molar-refractivity contribution < 1.29 is 23.7 Å². The van der Waals surface area contributed by atoms with Gasteiger partial charge in [-0.1, -0.05) is 35.9 Å². The molecule has 23 heavy (non-hydrogen) atoms. The molecule has 1 heterocycles. The van der Waals surface area contributed by atoms with Crippen LogP contribution in [-0.2, 0) is 9.84 Å². The predicted molar refractivity (Wildman–Crippen MR) is 85.3 cm³/mol. The fourth-order valence-corrected chi connectivity index (χ4v) is 4.42. The van der Waals surface area contributed by atoms with E-state index in [1.165, 1.54) is 0 Å². The second kappa shape index (κ2) is 5.63. The van der Waals surface area contributed by atoms with E-state index in [1.54, 1.807) is 24.3 Å². The molecule has 2 atom stereocenters. The first-order valence-electron chi connectivity index (χ1n) is 6.71. The maximum absolute atomic E-state index is 11.4. The van der Waals surface area contributed by atoms with E-state index in [4.69, 9.17) is 11.6 Å². The topological polar surface area (TPSA) is 120 Å². The number of nitrogens with zero attached hydrogens (tertiary/aromatic N) is 2. The van der Waals surface area contributed by atoms with Gasteiger partial charge in [-0.15, -0.1) is 5.11 Å². The van der Waals surface area contributed by atoms with Crippen molar-refractivity contribution in [3.8, 4) is 11.5 Å². The molecule has 0 radical (unpaired) electrons. The van der Waals surface area contributed by atoms with Gasteiger partial charge in [-0.05, 0) is 0 Å². The van der Waals surface area contributed by atoms with Gasteiger partial charge < -0.3 is 15.3 Å². The highest BCUT2D eigenvalue weighted by Gasteiger charge is 2.36. The minimum atomic E-state index is -3.36. The quantitative estimate of drug-likeness (QED) is 0.562. The van der Waals surface area contributed by atoms with Crippen LogP contribution in [0.15, 0.2) is 34.5 Å². The SMILES string of the molecule is O=S1(=O)CC(O)C(N=Nc2c(Cl)c(O)c3ccccc3c2O)C1. The molecule has 2 aromatic rings. The Kier molecular flexibility index (Phi) is 3.91. The molecule has 3 N–H and O–H groups in total. The summed E-state index contributed by atoms with van der Waals surface area (Å²) >= 11 is 6.01. The Labute approximate surface area is 136 Å². The smallest absolute Gasteiger partial charge is 0.155 e. The van der Waals surface area contributed by atoms with Gasteiger partial charge in [0.05, 0.1) is 17.6 Å². The van der Waals surface area contributed by atoms with Crippen LogP contribution >= 0.6 is 11.6 Å². The summed E-state index contributed by atoms with van der Waals surface area (Å²) in [6.45, 7) is 0. The zero-order chi connectivity index (χ0) is 16.8. The van der Waals surface area contributed by atoms with Crippen LogP contribution in [0.2, 0.25) is 5.02 Å². The number of phenolic OH excluding ortho intramolecular Hbond substituents is 2. The first-order valence-corrected chi connectivity index (χ1v) is 8.91. The highest BCUT2D eigenvalue weighted by atomic mass is 35.5. The van der Waals surface area contributed by atoms with E-state index >= 15 is 0 Å². The molecule has 2 aromatic carbocycles. The standard InChI is InChI=1S/C14H13ClN2O5S/c15-11-12(17-16-9-5-23(21,22)6-10(9)18)14(20)8-4-2-1-3-7(8)13(11)19/h1-4,9-10,18-20H,5-6H2. The molecule has 122 valence electrons. The highest BCUT2D eigenvalue weighted by Crippen LogP contribution is 2.47. The van der Waals surface area contributed by atoms with Crippen LogP contribution in [0.3, 0.4) is 0 Å². The molecule has 0 aromatic heterocycles. The number of phenols is 2. The maximum Gasteiger partial charge on any atom is 0.155 e. The number of aliphatic hydroxyl groups is 1. The number of aliphatic hydroxyl groups excluding tert-OH is 1. The van der Waals surface area contributed by atoms with E-state index in [1.807, 2.05) is 0 Å². The average Bonchev–Trinajstić information content (AvgIpc) is 2.77. The van der Waals surface area contributed by atoms with Crippen LogP contribution in [0.4, 0.5) is 5.69 Å². The average molecular weight is 357 g/mol. The number of azo groups is 1. The lowest BCUT2D eigenvalue weighted by Gasteiger charge is -2.10. The van der Waals surface area contributed by atoms with Crippen LogP contribution in [0.1, 0.15) is 0 Å². The van der Waals surface area contributed by atoms with Crippen molar-refractivity contribution in [3.63, 3.8) is 0 Å². The molecule has 9 heteroatoms. The summed E-state index contributed by atoms with van der Waals surface area (Å²) in [4.78, 5) is 0. The van der Waals surface area contributed by atoms with Crippen LogP contribution in [0.5, 0.6) is 11.5 Å². The number of halogens is 1. The fraction of sp³-hybridized carbons (Fsp3) is 0.286. The zero-order valence-electron chi connectivity index (χ0n) is 11.7. The van der Waals surface area contributed by atoms with Gasteiger partial charge in [-0.3, -0.25) is 0 Å². The maximum atomic E-state index is 11.4. The molecular weight excluding hydrogens is 344 g/mol. The lowest BCUT2D eigenvalue weighted by molar-refractivity contribution is 0.181. The Morgan fingerprint density at radius 3 is 2.26 bits per heavy atom. The summed E-state index contributed by atoms with van der Waals surface area (Å²) in [5, 5.41) is 38.1. The van der Waals surface area contributed by atoms with Crippen molar-refractivity contribution in [2.75, 3.05) is 11.5 Å². The van der Waals surface area contributed by atoms with Crippen LogP contribution in [0.25, 0.3) is 10.8 Å². The Hall–Kier alpha value is -1.90. The zero-order valence-corrected chi connectivity index (χ0v) is 13.3. The monoisotopic (exact) mass is 356 g/mol. The summed E-state index contributed by atoms with van der Waals surface area (Å²) in [6, 6.07) is 5.59. The molecule has 1 aliphatic rings. The molecule has 1 aliphatic heterocycles. The predicted octanol–water partition coefficient (Wildman–Crippen LogP) is 2.15. The third kappa shape index (κ3) is 2.85. The van der Waals surface area contributed by atoms with E-state index < -0.39 is 22.0 Å².